The number of rotatable bonds is 7. The molecule has 7 nitrogen and oxygen atoms in total. The Kier molecular flexibility index (Phi) is 6.56. The highest BCUT2D eigenvalue weighted by Crippen LogP contribution is 2.31. The molecule has 1 aliphatic heterocycles. The maximum absolute atomic E-state index is 14.2. The van der Waals surface area contributed by atoms with Crippen molar-refractivity contribution in [3.63, 3.8) is 0 Å². The first kappa shape index (κ1) is 21.3. The van der Waals surface area contributed by atoms with Crippen molar-refractivity contribution in [2.45, 2.75) is 58.7 Å². The lowest BCUT2D eigenvalue weighted by atomic mass is 9.87. The molecule has 1 saturated heterocycles. The van der Waals surface area contributed by atoms with Crippen LogP contribution >= 0.6 is 0 Å². The van der Waals surface area contributed by atoms with Gasteiger partial charge < -0.3 is 4.90 Å². The Balaban J connectivity index is 1.90. The molecule has 2 heterocycles. The van der Waals surface area contributed by atoms with Crippen LogP contribution in [0.15, 0.2) is 18.2 Å². The molecule has 1 fully saturated rings. The molecule has 1 amide bonds. The summed E-state index contributed by atoms with van der Waals surface area (Å²) in [6.07, 6.45) is 2.40. The standard InChI is InChI=1S/C20H28F2N6O/c1-14(2)7-10-28-19(24-25-26-28)20(8-4-9-27(13-20)15(3)29)23-12-16-5-6-17(21)11-18(16)22/h5-6,11,14,23H,4,7-10,12-13H2,1-3H3. The van der Waals surface area contributed by atoms with Crippen LogP contribution in [0.1, 0.15) is 51.4 Å². The molecule has 1 aromatic heterocycles. The van der Waals surface area contributed by atoms with Gasteiger partial charge >= 0.3 is 0 Å². The van der Waals surface area contributed by atoms with Gasteiger partial charge in [-0.05, 0) is 41.7 Å². The van der Waals surface area contributed by atoms with E-state index in [1.54, 1.807) is 9.58 Å². The van der Waals surface area contributed by atoms with Crippen molar-refractivity contribution >= 4 is 5.91 Å². The van der Waals surface area contributed by atoms with E-state index < -0.39 is 17.2 Å². The minimum Gasteiger partial charge on any atom is -0.341 e. The first-order chi connectivity index (χ1) is 13.8. The summed E-state index contributed by atoms with van der Waals surface area (Å²) in [6, 6.07) is 3.54. The van der Waals surface area contributed by atoms with Crippen molar-refractivity contribution in [2.75, 3.05) is 13.1 Å². The van der Waals surface area contributed by atoms with E-state index in [9.17, 15) is 13.6 Å². The third kappa shape index (κ3) is 4.95. The maximum Gasteiger partial charge on any atom is 0.219 e. The van der Waals surface area contributed by atoms with Gasteiger partial charge in [0.05, 0.1) is 5.54 Å². The van der Waals surface area contributed by atoms with Crippen LogP contribution in [0.3, 0.4) is 0 Å². The second-order valence-corrected chi connectivity index (χ2v) is 8.12. The van der Waals surface area contributed by atoms with E-state index in [1.807, 2.05) is 0 Å². The van der Waals surface area contributed by atoms with Crippen molar-refractivity contribution in [1.29, 1.82) is 0 Å². The van der Waals surface area contributed by atoms with Gasteiger partial charge in [0.25, 0.3) is 0 Å². The number of hydrogen-bond acceptors (Lipinski definition) is 5. The summed E-state index contributed by atoms with van der Waals surface area (Å²) in [5.41, 5.74) is -0.350. The van der Waals surface area contributed by atoms with Crippen molar-refractivity contribution in [3.8, 4) is 0 Å². The molecule has 0 aliphatic carbocycles. The summed E-state index contributed by atoms with van der Waals surface area (Å²) in [5, 5.41) is 15.7. The highest BCUT2D eigenvalue weighted by molar-refractivity contribution is 5.73. The van der Waals surface area contributed by atoms with Crippen LogP contribution in [0.4, 0.5) is 8.78 Å². The molecule has 1 N–H and O–H groups in total. The average molecular weight is 406 g/mol. The monoisotopic (exact) mass is 406 g/mol. The van der Waals surface area contributed by atoms with Gasteiger partial charge in [0, 0.05) is 44.7 Å². The predicted molar refractivity (Wildman–Crippen MR) is 104 cm³/mol. The number of tetrazole rings is 1. The SMILES string of the molecule is CC(=O)N1CCCC(NCc2ccc(F)cc2F)(c2nnnn2CCC(C)C)C1. The number of aromatic nitrogens is 4. The molecule has 0 spiro atoms. The van der Waals surface area contributed by atoms with E-state index in [2.05, 4.69) is 34.7 Å². The maximum atomic E-state index is 14.2. The molecular formula is C20H28F2N6O. The van der Waals surface area contributed by atoms with Crippen molar-refractivity contribution in [2.24, 2.45) is 5.92 Å². The minimum absolute atomic E-state index is 0.0231. The van der Waals surface area contributed by atoms with Crippen LogP contribution in [0, 0.1) is 17.6 Å². The van der Waals surface area contributed by atoms with E-state index >= 15 is 0 Å². The molecule has 1 atom stereocenters. The Bertz CT molecular complexity index is 855. The molecule has 158 valence electrons. The molecule has 2 aromatic rings. The van der Waals surface area contributed by atoms with E-state index in [0.29, 0.717) is 43.4 Å². The Morgan fingerprint density at radius 2 is 2.14 bits per heavy atom. The number of nitrogens with one attached hydrogen (secondary N) is 1. The number of halogens is 2. The number of nitrogens with zero attached hydrogens (tertiary/aromatic N) is 5. The lowest BCUT2D eigenvalue weighted by Gasteiger charge is -2.42. The number of likely N-dealkylation sites (tertiary alicyclic amines) is 1. The highest BCUT2D eigenvalue weighted by atomic mass is 19.1. The fourth-order valence-corrected chi connectivity index (χ4v) is 3.74. The molecule has 0 saturated carbocycles. The van der Waals surface area contributed by atoms with Gasteiger partial charge in [-0.2, -0.15) is 0 Å². The summed E-state index contributed by atoms with van der Waals surface area (Å²) in [4.78, 5) is 13.8. The number of aryl methyl sites for hydroxylation is 1. The van der Waals surface area contributed by atoms with Crippen molar-refractivity contribution in [3.05, 3.63) is 41.2 Å². The molecule has 1 aliphatic rings. The Labute approximate surface area is 169 Å². The van der Waals surface area contributed by atoms with Crippen LogP contribution in [-0.2, 0) is 23.4 Å². The molecule has 1 unspecified atom stereocenters. The smallest absolute Gasteiger partial charge is 0.219 e. The summed E-state index contributed by atoms with van der Waals surface area (Å²) < 4.78 is 29.2. The van der Waals surface area contributed by atoms with Crippen molar-refractivity contribution < 1.29 is 13.6 Å². The first-order valence-corrected chi connectivity index (χ1v) is 10.0. The topological polar surface area (TPSA) is 75.9 Å². The molecular weight excluding hydrogens is 378 g/mol. The van der Waals surface area contributed by atoms with Gasteiger partial charge in [-0.15, -0.1) is 5.10 Å². The fraction of sp³-hybridized carbons (Fsp3) is 0.600. The number of hydrogen-bond donors (Lipinski definition) is 1. The van der Waals surface area contributed by atoms with Gasteiger partial charge in [-0.3, -0.25) is 10.1 Å². The van der Waals surface area contributed by atoms with Crippen LogP contribution in [-0.4, -0.2) is 44.1 Å². The quantitative estimate of drug-likeness (QED) is 0.765. The Hall–Kier alpha value is -2.42. The zero-order chi connectivity index (χ0) is 21.0. The van der Waals surface area contributed by atoms with E-state index in [4.69, 9.17) is 0 Å². The number of carbonyl (C=O) groups excluding carboxylic acids is 1. The number of amides is 1. The molecule has 9 heteroatoms. The normalized spacial score (nSPS) is 19.7. The van der Waals surface area contributed by atoms with E-state index in [1.165, 1.54) is 19.1 Å². The molecule has 3 rings (SSSR count). The highest BCUT2D eigenvalue weighted by Gasteiger charge is 2.42. The number of benzene rings is 1. The van der Waals surface area contributed by atoms with Gasteiger partial charge in [-0.25, -0.2) is 13.5 Å². The summed E-state index contributed by atoms with van der Waals surface area (Å²) in [7, 11) is 0. The minimum atomic E-state index is -0.703. The predicted octanol–water partition coefficient (Wildman–Crippen LogP) is 2.62. The van der Waals surface area contributed by atoms with Crippen LogP contribution in [0.5, 0.6) is 0 Å². The molecule has 1 aromatic carbocycles. The number of piperidine rings is 1. The van der Waals surface area contributed by atoms with Gasteiger partial charge in [-0.1, -0.05) is 19.9 Å². The van der Waals surface area contributed by atoms with Crippen LogP contribution < -0.4 is 5.32 Å². The van der Waals surface area contributed by atoms with Crippen LogP contribution in [0.25, 0.3) is 0 Å². The van der Waals surface area contributed by atoms with E-state index in [0.717, 1.165) is 18.9 Å². The summed E-state index contributed by atoms with van der Waals surface area (Å²) in [6.45, 7) is 7.70. The van der Waals surface area contributed by atoms with Gasteiger partial charge in [0.1, 0.15) is 11.6 Å². The fourth-order valence-electron chi connectivity index (χ4n) is 3.74. The van der Waals surface area contributed by atoms with E-state index in [-0.39, 0.29) is 12.5 Å². The van der Waals surface area contributed by atoms with Crippen molar-refractivity contribution in [1.82, 2.24) is 30.4 Å². The zero-order valence-corrected chi connectivity index (χ0v) is 17.2. The Morgan fingerprint density at radius 3 is 2.83 bits per heavy atom. The van der Waals surface area contributed by atoms with Gasteiger partial charge in [0.15, 0.2) is 5.82 Å². The second-order valence-electron chi connectivity index (χ2n) is 8.12. The lowest BCUT2D eigenvalue weighted by Crippen LogP contribution is -2.56. The second kappa shape index (κ2) is 8.94. The number of carbonyl (C=O) groups is 1. The summed E-state index contributed by atoms with van der Waals surface area (Å²) in [5.74, 6) is -0.105. The Morgan fingerprint density at radius 1 is 1.34 bits per heavy atom. The van der Waals surface area contributed by atoms with Crippen LogP contribution in [0.2, 0.25) is 0 Å². The third-order valence-electron chi connectivity index (χ3n) is 5.45. The molecule has 29 heavy (non-hydrogen) atoms. The largest absolute Gasteiger partial charge is 0.341 e. The first-order valence-electron chi connectivity index (χ1n) is 10.0. The lowest BCUT2D eigenvalue weighted by molar-refractivity contribution is -0.131. The van der Waals surface area contributed by atoms with Gasteiger partial charge in [0.2, 0.25) is 5.91 Å². The zero-order valence-electron chi connectivity index (χ0n) is 17.2. The third-order valence-corrected chi connectivity index (χ3v) is 5.45. The summed E-state index contributed by atoms with van der Waals surface area (Å²) >= 11 is 0. The average Bonchev–Trinajstić information content (AvgIpc) is 3.15. The molecule has 0 radical (unpaired) electrons. The molecule has 0 bridgehead atoms.